The molecule has 0 atom stereocenters. The molecule has 1 heterocycles. The van der Waals surface area contributed by atoms with E-state index in [9.17, 15) is 27.6 Å². The first-order valence-corrected chi connectivity index (χ1v) is 11.5. The van der Waals surface area contributed by atoms with Gasteiger partial charge in [0, 0.05) is 6.07 Å². The maximum atomic E-state index is 13.8. The van der Waals surface area contributed by atoms with E-state index >= 15 is 0 Å². The lowest BCUT2D eigenvalue weighted by Gasteiger charge is -2.19. The fourth-order valence-electron chi connectivity index (χ4n) is 4.03. The van der Waals surface area contributed by atoms with Crippen LogP contribution in [0.2, 0.25) is 0 Å². The third-order valence-electron chi connectivity index (χ3n) is 5.82. The second-order valence-electron chi connectivity index (χ2n) is 8.35. The van der Waals surface area contributed by atoms with E-state index in [1.165, 1.54) is 36.4 Å². The number of rotatable bonds is 6. The lowest BCUT2D eigenvalue weighted by Crippen LogP contribution is -2.22. The molecule has 1 saturated carbocycles. The van der Waals surface area contributed by atoms with E-state index in [1.807, 2.05) is 0 Å². The second kappa shape index (κ2) is 10.4. The van der Waals surface area contributed by atoms with E-state index in [4.69, 9.17) is 18.6 Å². The Labute approximate surface area is 203 Å². The molecule has 1 aliphatic rings. The van der Waals surface area contributed by atoms with E-state index < -0.39 is 40.6 Å². The minimum atomic E-state index is -5.05. The Morgan fingerprint density at radius 1 is 1.00 bits per heavy atom. The highest BCUT2D eigenvalue weighted by atomic mass is 19.4. The second-order valence-corrected chi connectivity index (χ2v) is 8.35. The SMILES string of the molecule is CCOC(=O)c1ccc(Oc2c(C(F)(F)F)oc3cc(OC(=O)C4CCCCC4)ccc3c2=O)cc1. The summed E-state index contributed by atoms with van der Waals surface area (Å²) in [5, 5.41) is -0.182. The Kier molecular flexibility index (Phi) is 7.32. The molecule has 7 nitrogen and oxygen atoms in total. The maximum absolute atomic E-state index is 13.8. The quantitative estimate of drug-likeness (QED) is 0.289. The van der Waals surface area contributed by atoms with Crippen LogP contribution in [0.4, 0.5) is 13.2 Å². The van der Waals surface area contributed by atoms with Crippen LogP contribution in [0.25, 0.3) is 11.0 Å². The molecule has 1 fully saturated rings. The molecule has 0 radical (unpaired) electrons. The number of halogens is 3. The van der Waals surface area contributed by atoms with Gasteiger partial charge in [0.05, 0.1) is 23.5 Å². The van der Waals surface area contributed by atoms with Crippen molar-refractivity contribution in [3.63, 3.8) is 0 Å². The summed E-state index contributed by atoms with van der Waals surface area (Å²) in [6, 6.07) is 8.72. The van der Waals surface area contributed by atoms with Crippen LogP contribution in [0, 0.1) is 5.92 Å². The van der Waals surface area contributed by atoms with Gasteiger partial charge in [0.25, 0.3) is 5.76 Å². The molecule has 0 amide bonds. The van der Waals surface area contributed by atoms with Crippen LogP contribution in [0.15, 0.2) is 51.7 Å². The predicted molar refractivity (Wildman–Crippen MR) is 122 cm³/mol. The zero-order valence-electron chi connectivity index (χ0n) is 19.4. The summed E-state index contributed by atoms with van der Waals surface area (Å²) >= 11 is 0. The van der Waals surface area contributed by atoms with Crippen molar-refractivity contribution in [3.8, 4) is 17.2 Å². The number of esters is 2. The molecule has 2 aromatic carbocycles. The zero-order chi connectivity index (χ0) is 25.9. The van der Waals surface area contributed by atoms with Gasteiger partial charge in [-0.15, -0.1) is 0 Å². The van der Waals surface area contributed by atoms with Gasteiger partial charge in [-0.2, -0.15) is 13.2 Å². The van der Waals surface area contributed by atoms with Crippen LogP contribution >= 0.6 is 0 Å². The molecule has 1 aromatic heterocycles. The number of alkyl halides is 3. The first-order valence-electron chi connectivity index (χ1n) is 11.5. The standard InChI is InChI=1S/C26H23F3O7/c1-2-33-24(31)16-8-10-17(11-9-16)34-22-21(30)19-13-12-18(14-20(19)36-23(22)26(27,28)29)35-25(32)15-6-4-3-5-7-15/h8-15H,2-7H2,1H3. The average Bonchev–Trinajstić information content (AvgIpc) is 2.86. The number of hydrogen-bond donors (Lipinski definition) is 0. The number of benzene rings is 2. The molecule has 4 rings (SSSR count). The highest BCUT2D eigenvalue weighted by Crippen LogP contribution is 2.39. The highest BCUT2D eigenvalue weighted by molar-refractivity contribution is 5.89. The molecule has 1 aliphatic carbocycles. The van der Waals surface area contributed by atoms with Crippen molar-refractivity contribution >= 4 is 22.9 Å². The maximum Gasteiger partial charge on any atom is 0.453 e. The van der Waals surface area contributed by atoms with Crippen molar-refractivity contribution in [2.45, 2.75) is 45.2 Å². The van der Waals surface area contributed by atoms with Gasteiger partial charge in [-0.1, -0.05) is 19.3 Å². The Balaban J connectivity index is 1.66. The highest BCUT2D eigenvalue weighted by Gasteiger charge is 2.40. The molecular formula is C26H23F3O7. The Hall–Kier alpha value is -3.82. The van der Waals surface area contributed by atoms with Gasteiger partial charge in [-0.3, -0.25) is 9.59 Å². The smallest absolute Gasteiger partial charge is 0.453 e. The summed E-state index contributed by atoms with van der Waals surface area (Å²) < 4.78 is 62.0. The predicted octanol–water partition coefficient (Wildman–Crippen LogP) is 6.27. The fourth-order valence-corrected chi connectivity index (χ4v) is 4.03. The topological polar surface area (TPSA) is 92.0 Å². The minimum Gasteiger partial charge on any atom is -0.462 e. The monoisotopic (exact) mass is 504 g/mol. The molecule has 190 valence electrons. The van der Waals surface area contributed by atoms with Gasteiger partial charge in [0.2, 0.25) is 11.2 Å². The largest absolute Gasteiger partial charge is 0.462 e. The van der Waals surface area contributed by atoms with Crippen molar-refractivity contribution in [3.05, 3.63) is 64.0 Å². The van der Waals surface area contributed by atoms with Gasteiger partial charge >= 0.3 is 18.1 Å². The molecule has 0 bridgehead atoms. The van der Waals surface area contributed by atoms with E-state index in [0.717, 1.165) is 25.3 Å². The van der Waals surface area contributed by atoms with Crippen LogP contribution in [-0.2, 0) is 15.7 Å². The molecule has 0 N–H and O–H groups in total. The summed E-state index contributed by atoms with van der Waals surface area (Å²) in [5.41, 5.74) is -1.28. The molecule has 3 aromatic rings. The minimum absolute atomic E-state index is 0.0161. The summed E-state index contributed by atoms with van der Waals surface area (Å²) in [5.74, 6) is -4.14. The van der Waals surface area contributed by atoms with E-state index in [-0.39, 0.29) is 35.0 Å². The van der Waals surface area contributed by atoms with Crippen molar-refractivity contribution in [1.82, 2.24) is 0 Å². The van der Waals surface area contributed by atoms with Crippen LogP contribution < -0.4 is 14.9 Å². The number of hydrogen-bond acceptors (Lipinski definition) is 7. The average molecular weight is 504 g/mol. The number of carbonyl (C=O) groups excluding carboxylic acids is 2. The van der Waals surface area contributed by atoms with Crippen molar-refractivity contribution in [2.24, 2.45) is 5.92 Å². The summed E-state index contributed by atoms with van der Waals surface area (Å²) in [6.45, 7) is 1.79. The van der Waals surface area contributed by atoms with Gasteiger partial charge < -0.3 is 18.6 Å². The Morgan fingerprint density at radius 2 is 1.67 bits per heavy atom. The summed E-state index contributed by atoms with van der Waals surface area (Å²) in [7, 11) is 0. The van der Waals surface area contributed by atoms with Gasteiger partial charge in [-0.05, 0) is 56.2 Å². The lowest BCUT2D eigenvalue weighted by atomic mass is 9.89. The Morgan fingerprint density at radius 3 is 2.31 bits per heavy atom. The first kappa shape index (κ1) is 25.3. The third kappa shape index (κ3) is 5.53. The van der Waals surface area contributed by atoms with Crippen LogP contribution in [0.5, 0.6) is 17.2 Å². The summed E-state index contributed by atoms with van der Waals surface area (Å²) in [6.07, 6.45) is -0.791. The van der Waals surface area contributed by atoms with Crippen molar-refractivity contribution in [1.29, 1.82) is 0 Å². The Bertz CT molecular complexity index is 1320. The fraction of sp³-hybridized carbons (Fsp3) is 0.346. The van der Waals surface area contributed by atoms with E-state index in [0.29, 0.717) is 12.8 Å². The zero-order valence-corrected chi connectivity index (χ0v) is 19.4. The van der Waals surface area contributed by atoms with Gasteiger partial charge in [0.15, 0.2) is 0 Å². The summed E-state index contributed by atoms with van der Waals surface area (Å²) in [4.78, 5) is 37.2. The molecular weight excluding hydrogens is 481 g/mol. The van der Waals surface area contributed by atoms with Crippen molar-refractivity contribution in [2.75, 3.05) is 6.61 Å². The van der Waals surface area contributed by atoms with Gasteiger partial charge in [-0.25, -0.2) is 4.79 Å². The number of carbonyl (C=O) groups is 2. The van der Waals surface area contributed by atoms with Crippen LogP contribution in [0.1, 0.15) is 55.1 Å². The van der Waals surface area contributed by atoms with E-state index in [2.05, 4.69) is 0 Å². The normalized spacial score (nSPS) is 14.4. The first-order chi connectivity index (χ1) is 17.2. The molecule has 0 saturated heterocycles. The third-order valence-corrected chi connectivity index (χ3v) is 5.82. The van der Waals surface area contributed by atoms with Crippen molar-refractivity contribution < 1.29 is 41.4 Å². The number of fused-ring (bicyclic) bond motifs is 1. The van der Waals surface area contributed by atoms with Gasteiger partial charge in [0.1, 0.15) is 17.1 Å². The molecule has 0 aliphatic heterocycles. The lowest BCUT2D eigenvalue weighted by molar-refractivity contribution is -0.154. The van der Waals surface area contributed by atoms with Crippen LogP contribution in [0.3, 0.4) is 0 Å². The number of ether oxygens (including phenoxy) is 3. The molecule has 0 unspecified atom stereocenters. The molecule has 10 heteroatoms. The van der Waals surface area contributed by atoms with E-state index in [1.54, 1.807) is 6.92 Å². The van der Waals surface area contributed by atoms with Crippen LogP contribution in [-0.4, -0.2) is 18.5 Å². The molecule has 36 heavy (non-hydrogen) atoms. The molecule has 0 spiro atoms.